The van der Waals surface area contributed by atoms with Crippen LogP contribution in [0.1, 0.15) is 18.4 Å². The van der Waals surface area contributed by atoms with E-state index in [9.17, 15) is 13.2 Å². The van der Waals surface area contributed by atoms with Crippen LogP contribution >= 0.6 is 0 Å². The van der Waals surface area contributed by atoms with Crippen molar-refractivity contribution in [3.05, 3.63) is 29.8 Å². The molecule has 0 aromatic heterocycles. The Balaban J connectivity index is 2.46. The maximum atomic E-state index is 12.5. The van der Waals surface area contributed by atoms with E-state index in [0.717, 1.165) is 12.8 Å². The van der Waals surface area contributed by atoms with Gasteiger partial charge < -0.3 is 4.74 Å². The standard InChI is InChI=1S/C13H16O4S/c1-9-5-3-4-6-11(9)18(15,16)12(10-7-8-10)13(14)17-2/h3-6,10,12H,7-8H2,1-2H3. The number of aryl methyl sites for hydroxylation is 1. The summed E-state index contributed by atoms with van der Waals surface area (Å²) in [6.07, 6.45) is 1.54. The van der Waals surface area contributed by atoms with Crippen molar-refractivity contribution in [1.82, 2.24) is 0 Å². The highest BCUT2D eigenvalue weighted by molar-refractivity contribution is 7.92. The van der Waals surface area contributed by atoms with Gasteiger partial charge in [0.05, 0.1) is 12.0 Å². The van der Waals surface area contributed by atoms with Crippen molar-refractivity contribution in [2.24, 2.45) is 5.92 Å². The van der Waals surface area contributed by atoms with E-state index in [0.29, 0.717) is 5.56 Å². The molecule has 1 aliphatic rings. The van der Waals surface area contributed by atoms with Crippen LogP contribution < -0.4 is 0 Å². The maximum Gasteiger partial charge on any atom is 0.324 e. The Morgan fingerprint density at radius 1 is 1.33 bits per heavy atom. The number of sulfone groups is 1. The topological polar surface area (TPSA) is 60.4 Å². The van der Waals surface area contributed by atoms with Crippen molar-refractivity contribution >= 4 is 15.8 Å². The average molecular weight is 268 g/mol. The number of rotatable bonds is 4. The SMILES string of the molecule is COC(=O)C(C1CC1)S(=O)(=O)c1ccccc1C. The third-order valence-corrected chi connectivity index (χ3v) is 5.54. The van der Waals surface area contributed by atoms with Gasteiger partial charge in [-0.3, -0.25) is 4.79 Å². The average Bonchev–Trinajstić information content (AvgIpc) is 3.13. The second kappa shape index (κ2) is 4.72. The predicted octanol–water partition coefficient (Wildman–Crippen LogP) is 1.72. The number of hydrogen-bond acceptors (Lipinski definition) is 4. The lowest BCUT2D eigenvalue weighted by Gasteiger charge is -2.16. The first kappa shape index (κ1) is 13.1. The summed E-state index contributed by atoms with van der Waals surface area (Å²) in [5.41, 5.74) is 0.659. The molecule has 0 bridgehead atoms. The molecule has 1 aromatic carbocycles. The summed E-state index contributed by atoms with van der Waals surface area (Å²) in [5.74, 6) is -0.747. The molecule has 4 nitrogen and oxygen atoms in total. The largest absolute Gasteiger partial charge is 0.468 e. The van der Waals surface area contributed by atoms with Crippen molar-refractivity contribution in [1.29, 1.82) is 0 Å². The fourth-order valence-electron chi connectivity index (χ4n) is 2.10. The van der Waals surface area contributed by atoms with Gasteiger partial charge in [0, 0.05) is 0 Å². The van der Waals surface area contributed by atoms with Crippen molar-refractivity contribution in [3.8, 4) is 0 Å². The fraction of sp³-hybridized carbons (Fsp3) is 0.462. The summed E-state index contributed by atoms with van der Waals surface area (Å²) >= 11 is 0. The summed E-state index contributed by atoms with van der Waals surface area (Å²) in [6.45, 7) is 1.73. The molecule has 0 heterocycles. The molecule has 1 fully saturated rings. The number of methoxy groups -OCH3 is 1. The summed E-state index contributed by atoms with van der Waals surface area (Å²) in [4.78, 5) is 12.0. The highest BCUT2D eigenvalue weighted by atomic mass is 32.2. The number of carbonyl (C=O) groups is 1. The molecule has 1 aromatic rings. The lowest BCUT2D eigenvalue weighted by Crippen LogP contribution is -2.33. The molecule has 2 rings (SSSR count). The summed E-state index contributed by atoms with van der Waals surface area (Å²) < 4.78 is 29.7. The van der Waals surface area contributed by atoms with Crippen LogP contribution in [0.2, 0.25) is 0 Å². The van der Waals surface area contributed by atoms with E-state index in [1.807, 2.05) is 0 Å². The van der Waals surface area contributed by atoms with Crippen molar-refractivity contribution in [2.45, 2.75) is 29.9 Å². The number of hydrogen-bond donors (Lipinski definition) is 0. The highest BCUT2D eigenvalue weighted by Crippen LogP contribution is 2.39. The molecule has 0 aliphatic heterocycles. The molecular formula is C13H16O4S. The minimum absolute atomic E-state index is 0.0953. The first-order valence-corrected chi connectivity index (χ1v) is 7.40. The Labute approximate surface area is 107 Å². The van der Waals surface area contributed by atoms with Crippen molar-refractivity contribution in [2.75, 3.05) is 7.11 Å². The Hall–Kier alpha value is -1.36. The van der Waals surface area contributed by atoms with Gasteiger partial charge in [0.15, 0.2) is 15.1 Å². The highest BCUT2D eigenvalue weighted by Gasteiger charge is 2.46. The minimum Gasteiger partial charge on any atom is -0.468 e. The van der Waals surface area contributed by atoms with Gasteiger partial charge in [0.25, 0.3) is 0 Å². The summed E-state index contributed by atoms with van der Waals surface area (Å²) in [7, 11) is -2.43. The van der Waals surface area contributed by atoms with Gasteiger partial charge in [-0.15, -0.1) is 0 Å². The molecule has 0 amide bonds. The number of ether oxygens (including phenoxy) is 1. The van der Waals surface area contributed by atoms with Crippen LogP contribution in [-0.4, -0.2) is 26.7 Å². The minimum atomic E-state index is -3.65. The van der Waals surface area contributed by atoms with E-state index in [1.54, 1.807) is 31.2 Å². The zero-order chi connectivity index (χ0) is 13.3. The van der Waals surface area contributed by atoms with Gasteiger partial charge in [-0.2, -0.15) is 0 Å². The zero-order valence-electron chi connectivity index (χ0n) is 10.4. The van der Waals surface area contributed by atoms with E-state index >= 15 is 0 Å². The van der Waals surface area contributed by atoms with E-state index in [1.165, 1.54) is 7.11 Å². The zero-order valence-corrected chi connectivity index (χ0v) is 11.2. The molecule has 0 radical (unpaired) electrons. The van der Waals surface area contributed by atoms with Crippen LogP contribution in [0.4, 0.5) is 0 Å². The van der Waals surface area contributed by atoms with Gasteiger partial charge in [0.2, 0.25) is 0 Å². The van der Waals surface area contributed by atoms with Crippen LogP contribution in [0.25, 0.3) is 0 Å². The smallest absolute Gasteiger partial charge is 0.324 e. The summed E-state index contributed by atoms with van der Waals surface area (Å²) in [6, 6.07) is 6.72. The van der Waals surface area contributed by atoms with E-state index in [2.05, 4.69) is 4.74 Å². The number of benzene rings is 1. The van der Waals surface area contributed by atoms with Crippen molar-refractivity contribution < 1.29 is 17.9 Å². The quantitative estimate of drug-likeness (QED) is 0.780. The third kappa shape index (κ3) is 2.27. The molecule has 1 atom stereocenters. The second-order valence-corrected chi connectivity index (χ2v) is 6.63. The Bertz CT molecular complexity index is 558. The predicted molar refractivity (Wildman–Crippen MR) is 66.9 cm³/mol. The van der Waals surface area contributed by atoms with Crippen LogP contribution in [0.3, 0.4) is 0 Å². The van der Waals surface area contributed by atoms with E-state index in [4.69, 9.17) is 0 Å². The third-order valence-electron chi connectivity index (χ3n) is 3.22. The molecule has 1 unspecified atom stereocenters. The van der Waals surface area contributed by atoms with Gasteiger partial charge in [-0.1, -0.05) is 18.2 Å². The summed E-state index contributed by atoms with van der Waals surface area (Å²) in [5, 5.41) is -1.05. The lowest BCUT2D eigenvalue weighted by atomic mass is 10.2. The van der Waals surface area contributed by atoms with Gasteiger partial charge in [-0.25, -0.2) is 8.42 Å². The molecule has 0 spiro atoms. The van der Waals surface area contributed by atoms with Gasteiger partial charge >= 0.3 is 5.97 Å². The van der Waals surface area contributed by atoms with E-state index < -0.39 is 21.1 Å². The monoisotopic (exact) mass is 268 g/mol. The first-order chi connectivity index (χ1) is 8.48. The number of esters is 1. The van der Waals surface area contributed by atoms with Gasteiger partial charge in [0.1, 0.15) is 0 Å². The Morgan fingerprint density at radius 2 is 1.94 bits per heavy atom. The Morgan fingerprint density at radius 3 is 2.44 bits per heavy atom. The molecule has 1 saturated carbocycles. The first-order valence-electron chi connectivity index (χ1n) is 5.86. The van der Waals surface area contributed by atoms with Crippen LogP contribution in [-0.2, 0) is 19.4 Å². The molecular weight excluding hydrogens is 252 g/mol. The molecule has 0 N–H and O–H groups in total. The van der Waals surface area contributed by atoms with Crippen LogP contribution in [0.5, 0.6) is 0 Å². The second-order valence-electron chi connectivity index (χ2n) is 4.59. The normalized spacial score (nSPS) is 17.2. The molecule has 18 heavy (non-hydrogen) atoms. The Kier molecular flexibility index (Phi) is 3.43. The molecule has 1 aliphatic carbocycles. The van der Waals surface area contributed by atoms with Crippen LogP contribution in [0, 0.1) is 12.8 Å². The van der Waals surface area contributed by atoms with Crippen molar-refractivity contribution in [3.63, 3.8) is 0 Å². The van der Waals surface area contributed by atoms with Crippen LogP contribution in [0.15, 0.2) is 29.2 Å². The maximum absolute atomic E-state index is 12.5. The lowest BCUT2D eigenvalue weighted by molar-refractivity contribution is -0.140. The fourth-order valence-corrected chi connectivity index (χ4v) is 4.29. The van der Waals surface area contributed by atoms with E-state index in [-0.39, 0.29) is 10.8 Å². The molecule has 98 valence electrons. The molecule has 5 heteroatoms. The number of carbonyl (C=O) groups excluding carboxylic acids is 1. The molecule has 0 saturated heterocycles. The van der Waals surface area contributed by atoms with Gasteiger partial charge in [-0.05, 0) is 37.3 Å².